The molecule has 5 heteroatoms. The Hall–Kier alpha value is -2.27. The minimum absolute atomic E-state index is 0.405. The molecule has 0 atom stereocenters. The van der Waals surface area contributed by atoms with Crippen molar-refractivity contribution in [3.8, 4) is 0 Å². The number of hydrogen-bond donors (Lipinski definition) is 1. The van der Waals surface area contributed by atoms with Crippen molar-refractivity contribution in [3.63, 3.8) is 0 Å². The van der Waals surface area contributed by atoms with E-state index in [2.05, 4.69) is 11.8 Å². The first kappa shape index (κ1) is 15.1. The molecule has 0 fully saturated rings. The lowest BCUT2D eigenvalue weighted by Gasteiger charge is -2.21. The maximum atomic E-state index is 11.9. The van der Waals surface area contributed by atoms with Gasteiger partial charge in [-0.15, -0.1) is 0 Å². The number of nitrogens with two attached hydrogens (primary N) is 1. The maximum absolute atomic E-state index is 11.9. The fraction of sp³-hybridized carbons (Fsp3) is 0.312. The number of nitrogens with zero attached hydrogens (tertiary/aromatic N) is 1. The van der Waals surface area contributed by atoms with E-state index in [0.717, 1.165) is 17.9 Å². The highest BCUT2D eigenvalue weighted by atomic mass is 16.5. The van der Waals surface area contributed by atoms with E-state index in [0.29, 0.717) is 24.3 Å². The van der Waals surface area contributed by atoms with E-state index < -0.39 is 5.97 Å². The molecule has 2 aromatic rings. The molecular weight excluding hydrogens is 268 g/mol. The van der Waals surface area contributed by atoms with E-state index in [1.54, 1.807) is 12.3 Å². The van der Waals surface area contributed by atoms with Gasteiger partial charge in [-0.3, -0.25) is 4.90 Å². The Kier molecular flexibility index (Phi) is 5.00. The Morgan fingerprint density at radius 3 is 2.71 bits per heavy atom. The zero-order valence-corrected chi connectivity index (χ0v) is 12.3. The summed E-state index contributed by atoms with van der Waals surface area (Å²) in [5.41, 5.74) is 7.65. The van der Waals surface area contributed by atoms with Crippen LogP contribution in [0, 0.1) is 0 Å². The zero-order valence-electron chi connectivity index (χ0n) is 12.3. The third-order valence-electron chi connectivity index (χ3n) is 3.37. The Labute approximate surface area is 124 Å². The van der Waals surface area contributed by atoms with Gasteiger partial charge in [-0.1, -0.05) is 19.1 Å². The van der Waals surface area contributed by atoms with Gasteiger partial charge in [-0.25, -0.2) is 4.79 Å². The first-order valence-corrected chi connectivity index (χ1v) is 6.86. The van der Waals surface area contributed by atoms with Gasteiger partial charge in [0.15, 0.2) is 0 Å². The van der Waals surface area contributed by atoms with Crippen molar-refractivity contribution in [3.05, 3.63) is 53.5 Å². The van der Waals surface area contributed by atoms with Gasteiger partial charge in [-0.2, -0.15) is 0 Å². The van der Waals surface area contributed by atoms with Crippen LogP contribution < -0.4 is 5.73 Å². The van der Waals surface area contributed by atoms with Gasteiger partial charge in [0.2, 0.25) is 0 Å². The number of carbonyl (C=O) groups is 1. The molecule has 2 N–H and O–H groups in total. The molecule has 0 saturated carbocycles. The fourth-order valence-corrected chi connectivity index (χ4v) is 2.25. The highest BCUT2D eigenvalue weighted by Gasteiger charge is 2.17. The van der Waals surface area contributed by atoms with Crippen LogP contribution in [-0.2, 0) is 17.8 Å². The molecule has 0 aliphatic heterocycles. The quantitative estimate of drug-likeness (QED) is 0.653. The van der Waals surface area contributed by atoms with Crippen molar-refractivity contribution in [2.45, 2.75) is 20.0 Å². The van der Waals surface area contributed by atoms with Gasteiger partial charge in [0, 0.05) is 12.2 Å². The van der Waals surface area contributed by atoms with Gasteiger partial charge < -0.3 is 14.9 Å². The number of ether oxygens (including phenoxy) is 1. The van der Waals surface area contributed by atoms with Gasteiger partial charge >= 0.3 is 5.97 Å². The molecular formula is C16H20N2O3. The van der Waals surface area contributed by atoms with E-state index in [9.17, 15) is 4.79 Å². The molecule has 5 nitrogen and oxygen atoms in total. The Morgan fingerprint density at radius 2 is 2.10 bits per heavy atom. The lowest BCUT2D eigenvalue weighted by atomic mass is 10.0. The second-order valence-electron chi connectivity index (χ2n) is 4.76. The molecule has 1 aromatic heterocycles. The highest BCUT2D eigenvalue weighted by Crippen LogP contribution is 2.20. The third-order valence-corrected chi connectivity index (χ3v) is 3.37. The summed E-state index contributed by atoms with van der Waals surface area (Å²) in [5.74, 6) is 0.484. The molecule has 21 heavy (non-hydrogen) atoms. The van der Waals surface area contributed by atoms with Gasteiger partial charge in [0.05, 0.1) is 25.5 Å². The van der Waals surface area contributed by atoms with Crippen molar-refractivity contribution < 1.29 is 13.9 Å². The van der Waals surface area contributed by atoms with Gasteiger partial charge in [-0.05, 0) is 30.3 Å². The van der Waals surface area contributed by atoms with Crippen LogP contribution in [-0.4, -0.2) is 24.5 Å². The summed E-state index contributed by atoms with van der Waals surface area (Å²) in [5, 5.41) is 0. The predicted octanol–water partition coefficient (Wildman–Crippen LogP) is 2.67. The summed E-state index contributed by atoms with van der Waals surface area (Å²) in [7, 11) is 1.36. The number of esters is 1. The molecule has 1 heterocycles. The highest BCUT2D eigenvalue weighted by molar-refractivity contribution is 5.96. The Morgan fingerprint density at radius 1 is 1.29 bits per heavy atom. The van der Waals surface area contributed by atoms with Crippen molar-refractivity contribution in [1.29, 1.82) is 0 Å². The molecule has 1 aromatic carbocycles. The first-order chi connectivity index (χ1) is 10.2. The molecule has 0 spiro atoms. The average Bonchev–Trinajstić information content (AvgIpc) is 2.99. The number of carbonyl (C=O) groups excluding carboxylic acids is 1. The zero-order chi connectivity index (χ0) is 15.2. The molecule has 0 saturated heterocycles. The molecule has 0 aliphatic rings. The molecule has 2 rings (SSSR count). The van der Waals surface area contributed by atoms with Crippen LogP contribution in [0.5, 0.6) is 0 Å². The molecule has 0 unspecified atom stereocenters. The monoisotopic (exact) mass is 288 g/mol. The summed E-state index contributed by atoms with van der Waals surface area (Å²) in [6.45, 7) is 4.18. The number of methoxy groups -OCH3 is 1. The van der Waals surface area contributed by atoms with Crippen LogP contribution in [0.2, 0.25) is 0 Å². The van der Waals surface area contributed by atoms with Crippen LogP contribution in [0.1, 0.15) is 28.6 Å². The normalized spacial score (nSPS) is 10.8. The largest absolute Gasteiger partial charge is 0.468 e. The van der Waals surface area contributed by atoms with Crippen molar-refractivity contribution in [2.24, 2.45) is 0 Å². The van der Waals surface area contributed by atoms with E-state index in [1.165, 1.54) is 7.11 Å². The molecule has 0 bridgehead atoms. The van der Waals surface area contributed by atoms with Crippen LogP contribution in [0.3, 0.4) is 0 Å². The number of rotatable bonds is 6. The summed E-state index contributed by atoms with van der Waals surface area (Å²) >= 11 is 0. The molecule has 112 valence electrons. The number of hydrogen-bond acceptors (Lipinski definition) is 5. The lowest BCUT2D eigenvalue weighted by Crippen LogP contribution is -2.24. The minimum Gasteiger partial charge on any atom is -0.468 e. The minimum atomic E-state index is -0.405. The van der Waals surface area contributed by atoms with Crippen LogP contribution in [0.15, 0.2) is 41.0 Å². The van der Waals surface area contributed by atoms with Gasteiger partial charge in [0.25, 0.3) is 0 Å². The molecule has 0 aliphatic carbocycles. The van der Waals surface area contributed by atoms with Crippen LogP contribution >= 0.6 is 0 Å². The lowest BCUT2D eigenvalue weighted by molar-refractivity contribution is 0.0599. The number of benzene rings is 1. The van der Waals surface area contributed by atoms with E-state index in [1.807, 2.05) is 24.3 Å². The molecule has 0 radical (unpaired) electrons. The van der Waals surface area contributed by atoms with Crippen LogP contribution in [0.4, 0.5) is 5.69 Å². The van der Waals surface area contributed by atoms with Crippen molar-refractivity contribution >= 4 is 11.7 Å². The number of furan rings is 1. The summed E-state index contributed by atoms with van der Waals surface area (Å²) in [6.07, 6.45) is 1.66. The second-order valence-corrected chi connectivity index (χ2v) is 4.76. The topological polar surface area (TPSA) is 68.7 Å². The maximum Gasteiger partial charge on any atom is 0.340 e. The Balaban J connectivity index is 2.21. The first-order valence-electron chi connectivity index (χ1n) is 6.86. The third kappa shape index (κ3) is 3.64. The standard InChI is InChI=1S/C16H20N2O3/c1-3-18(11-13-7-5-9-21-13)10-12-6-4-8-14(17)15(12)16(19)20-2/h4-9H,3,10-11,17H2,1-2H3. The van der Waals surface area contributed by atoms with E-state index in [-0.39, 0.29) is 0 Å². The van der Waals surface area contributed by atoms with Crippen molar-refractivity contribution in [1.82, 2.24) is 4.90 Å². The van der Waals surface area contributed by atoms with Gasteiger partial charge in [0.1, 0.15) is 5.76 Å². The molecule has 0 amide bonds. The summed E-state index contributed by atoms with van der Waals surface area (Å²) in [6, 6.07) is 9.25. The van der Waals surface area contributed by atoms with E-state index >= 15 is 0 Å². The average molecular weight is 288 g/mol. The second kappa shape index (κ2) is 6.95. The van der Waals surface area contributed by atoms with Crippen LogP contribution in [0.25, 0.3) is 0 Å². The Bertz CT molecular complexity index is 594. The summed E-state index contributed by atoms with van der Waals surface area (Å²) in [4.78, 5) is 14.1. The summed E-state index contributed by atoms with van der Waals surface area (Å²) < 4.78 is 10.2. The fourth-order valence-electron chi connectivity index (χ4n) is 2.25. The van der Waals surface area contributed by atoms with E-state index in [4.69, 9.17) is 14.9 Å². The number of nitrogen functional groups attached to an aromatic ring is 1. The SMILES string of the molecule is CCN(Cc1ccco1)Cc1cccc(N)c1C(=O)OC. The number of anilines is 1. The smallest absolute Gasteiger partial charge is 0.340 e. The predicted molar refractivity (Wildman–Crippen MR) is 80.7 cm³/mol. The van der Waals surface area contributed by atoms with Crippen molar-refractivity contribution in [2.75, 3.05) is 19.4 Å².